The predicted molar refractivity (Wildman–Crippen MR) is 72.2 cm³/mol. The van der Waals surface area contributed by atoms with E-state index in [9.17, 15) is 4.79 Å². The largest absolute Gasteiger partial charge is 0.468 e. The molecule has 1 aliphatic rings. The Kier molecular flexibility index (Phi) is 3.58. The van der Waals surface area contributed by atoms with Gasteiger partial charge in [0.15, 0.2) is 0 Å². The zero-order chi connectivity index (χ0) is 13.5. The number of hydrogen-bond donors (Lipinski definition) is 1. The van der Waals surface area contributed by atoms with Crippen LogP contribution in [0.4, 0.5) is 0 Å². The fourth-order valence-corrected chi connectivity index (χ4v) is 2.96. The summed E-state index contributed by atoms with van der Waals surface area (Å²) in [6.45, 7) is 4.77. The van der Waals surface area contributed by atoms with Crippen molar-refractivity contribution in [2.24, 2.45) is 0 Å². The standard InChI is InChI=1S/C13H15Cl2NO2/c1-13(2)6-16-11(12(17)18-3)7-4-5-8(14)10(15)9(7)13/h4-5,11,16H,6H2,1-3H3. The number of nitrogens with one attached hydrogen (secondary N) is 1. The highest BCUT2D eigenvalue weighted by atomic mass is 35.5. The maximum atomic E-state index is 11.8. The lowest BCUT2D eigenvalue weighted by Gasteiger charge is -2.37. The third kappa shape index (κ3) is 2.11. The molecule has 98 valence electrons. The Morgan fingerprint density at radius 1 is 1.44 bits per heavy atom. The van der Waals surface area contributed by atoms with Gasteiger partial charge < -0.3 is 4.74 Å². The van der Waals surface area contributed by atoms with Crippen LogP contribution in [0.3, 0.4) is 0 Å². The van der Waals surface area contributed by atoms with Crippen LogP contribution >= 0.6 is 23.2 Å². The van der Waals surface area contributed by atoms with Crippen LogP contribution in [0.25, 0.3) is 0 Å². The third-order valence-corrected chi connectivity index (χ3v) is 4.10. The highest BCUT2D eigenvalue weighted by molar-refractivity contribution is 6.42. The topological polar surface area (TPSA) is 38.3 Å². The van der Waals surface area contributed by atoms with Crippen molar-refractivity contribution >= 4 is 29.2 Å². The molecule has 1 unspecified atom stereocenters. The van der Waals surface area contributed by atoms with E-state index >= 15 is 0 Å². The predicted octanol–water partition coefficient (Wildman–Crippen LogP) is 3.09. The summed E-state index contributed by atoms with van der Waals surface area (Å²) in [5.41, 5.74) is 1.58. The number of carbonyl (C=O) groups excluding carboxylic acids is 1. The number of methoxy groups -OCH3 is 1. The van der Waals surface area contributed by atoms with Crippen LogP contribution in [0.5, 0.6) is 0 Å². The van der Waals surface area contributed by atoms with Crippen LogP contribution in [-0.4, -0.2) is 19.6 Å². The number of hydrogen-bond acceptors (Lipinski definition) is 3. The number of benzene rings is 1. The van der Waals surface area contributed by atoms with Gasteiger partial charge in [-0.1, -0.05) is 43.1 Å². The lowest BCUT2D eigenvalue weighted by molar-refractivity contribution is -0.143. The first kappa shape index (κ1) is 13.7. The SMILES string of the molecule is COC(=O)C1NCC(C)(C)c2c1ccc(Cl)c2Cl. The van der Waals surface area contributed by atoms with E-state index in [-0.39, 0.29) is 11.4 Å². The van der Waals surface area contributed by atoms with Crippen molar-refractivity contribution in [2.45, 2.75) is 25.3 Å². The van der Waals surface area contributed by atoms with Gasteiger partial charge in [-0.2, -0.15) is 0 Å². The summed E-state index contributed by atoms with van der Waals surface area (Å²) in [6, 6.07) is 3.06. The van der Waals surface area contributed by atoms with Crippen LogP contribution in [0.15, 0.2) is 12.1 Å². The number of fused-ring (bicyclic) bond motifs is 1. The van der Waals surface area contributed by atoms with Crippen molar-refractivity contribution in [3.63, 3.8) is 0 Å². The first-order valence-electron chi connectivity index (χ1n) is 5.68. The Labute approximate surface area is 116 Å². The highest BCUT2D eigenvalue weighted by Gasteiger charge is 2.38. The smallest absolute Gasteiger partial charge is 0.327 e. The molecule has 0 fully saturated rings. The van der Waals surface area contributed by atoms with E-state index < -0.39 is 6.04 Å². The van der Waals surface area contributed by atoms with E-state index in [1.54, 1.807) is 6.07 Å². The second-order valence-electron chi connectivity index (χ2n) is 5.05. The van der Waals surface area contributed by atoms with Gasteiger partial charge in [0.05, 0.1) is 17.2 Å². The van der Waals surface area contributed by atoms with Crippen LogP contribution in [0, 0.1) is 0 Å². The molecule has 0 amide bonds. The second-order valence-corrected chi connectivity index (χ2v) is 5.83. The van der Waals surface area contributed by atoms with Crippen LogP contribution in [0.2, 0.25) is 10.0 Å². The number of esters is 1. The zero-order valence-electron chi connectivity index (χ0n) is 10.5. The summed E-state index contributed by atoms with van der Waals surface area (Å²) in [6.07, 6.45) is 0. The van der Waals surface area contributed by atoms with Gasteiger partial charge in [0, 0.05) is 12.0 Å². The molecule has 0 aromatic heterocycles. The van der Waals surface area contributed by atoms with Crippen molar-refractivity contribution in [1.29, 1.82) is 0 Å². The molecule has 18 heavy (non-hydrogen) atoms. The molecule has 5 heteroatoms. The van der Waals surface area contributed by atoms with Gasteiger partial charge in [-0.3, -0.25) is 5.32 Å². The molecule has 1 aromatic carbocycles. The summed E-state index contributed by atoms with van der Waals surface area (Å²) in [5.74, 6) is -0.315. The van der Waals surface area contributed by atoms with E-state index in [1.807, 2.05) is 6.07 Å². The number of rotatable bonds is 1. The summed E-state index contributed by atoms with van der Waals surface area (Å²) in [4.78, 5) is 11.8. The molecular weight excluding hydrogens is 273 g/mol. The van der Waals surface area contributed by atoms with Crippen molar-refractivity contribution in [3.05, 3.63) is 33.3 Å². The van der Waals surface area contributed by atoms with Crippen molar-refractivity contribution in [3.8, 4) is 0 Å². The maximum Gasteiger partial charge on any atom is 0.327 e. The molecule has 1 atom stereocenters. The van der Waals surface area contributed by atoms with Gasteiger partial charge in [-0.15, -0.1) is 0 Å². The molecule has 1 heterocycles. The molecule has 1 aromatic rings. The molecule has 3 nitrogen and oxygen atoms in total. The molecule has 0 radical (unpaired) electrons. The summed E-state index contributed by atoms with van der Waals surface area (Å²) < 4.78 is 4.81. The van der Waals surface area contributed by atoms with Gasteiger partial charge in [-0.05, 0) is 17.2 Å². The average Bonchev–Trinajstić information content (AvgIpc) is 2.32. The van der Waals surface area contributed by atoms with Crippen molar-refractivity contribution < 1.29 is 9.53 Å². The van der Waals surface area contributed by atoms with E-state index in [0.717, 1.165) is 11.1 Å². The summed E-state index contributed by atoms with van der Waals surface area (Å²) in [7, 11) is 1.38. The van der Waals surface area contributed by atoms with E-state index in [2.05, 4.69) is 19.2 Å². The molecule has 1 aliphatic heterocycles. The Hall–Kier alpha value is -0.770. The molecule has 0 aliphatic carbocycles. The zero-order valence-corrected chi connectivity index (χ0v) is 12.0. The first-order chi connectivity index (χ1) is 8.38. The van der Waals surface area contributed by atoms with E-state index in [1.165, 1.54) is 7.11 Å². The molecule has 0 saturated carbocycles. The minimum atomic E-state index is -0.479. The Morgan fingerprint density at radius 2 is 2.11 bits per heavy atom. The van der Waals surface area contributed by atoms with Crippen LogP contribution in [-0.2, 0) is 14.9 Å². The van der Waals surface area contributed by atoms with Crippen LogP contribution in [0.1, 0.15) is 31.0 Å². The number of halogens is 2. The Morgan fingerprint density at radius 3 is 2.72 bits per heavy atom. The molecule has 0 bridgehead atoms. The molecule has 0 saturated heterocycles. The van der Waals surface area contributed by atoms with Crippen molar-refractivity contribution in [2.75, 3.05) is 13.7 Å². The fraction of sp³-hybridized carbons (Fsp3) is 0.462. The molecule has 2 rings (SSSR count). The number of carbonyl (C=O) groups is 1. The normalized spacial score (nSPS) is 21.3. The monoisotopic (exact) mass is 287 g/mol. The Bertz CT molecular complexity index is 500. The Balaban J connectivity index is 2.62. The van der Waals surface area contributed by atoms with Gasteiger partial charge in [-0.25, -0.2) is 4.79 Å². The van der Waals surface area contributed by atoms with Gasteiger partial charge in [0.25, 0.3) is 0 Å². The average molecular weight is 288 g/mol. The van der Waals surface area contributed by atoms with Gasteiger partial charge in [0.2, 0.25) is 0 Å². The minimum Gasteiger partial charge on any atom is -0.468 e. The lowest BCUT2D eigenvalue weighted by atomic mass is 9.76. The van der Waals surface area contributed by atoms with Gasteiger partial charge in [0.1, 0.15) is 6.04 Å². The second kappa shape index (κ2) is 4.72. The van der Waals surface area contributed by atoms with E-state index in [4.69, 9.17) is 27.9 Å². The lowest BCUT2D eigenvalue weighted by Crippen LogP contribution is -2.45. The summed E-state index contributed by atoms with van der Waals surface area (Å²) >= 11 is 12.4. The van der Waals surface area contributed by atoms with Crippen molar-refractivity contribution in [1.82, 2.24) is 5.32 Å². The number of ether oxygens (including phenoxy) is 1. The van der Waals surface area contributed by atoms with Crippen LogP contribution < -0.4 is 5.32 Å². The molecular formula is C13H15Cl2NO2. The van der Waals surface area contributed by atoms with E-state index in [0.29, 0.717) is 16.6 Å². The maximum absolute atomic E-state index is 11.8. The highest BCUT2D eigenvalue weighted by Crippen LogP contribution is 2.42. The molecule has 1 N–H and O–H groups in total. The minimum absolute atomic E-state index is 0.179. The molecule has 0 spiro atoms. The first-order valence-corrected chi connectivity index (χ1v) is 6.43. The quantitative estimate of drug-likeness (QED) is 0.807. The van der Waals surface area contributed by atoms with Gasteiger partial charge >= 0.3 is 5.97 Å². The summed E-state index contributed by atoms with van der Waals surface area (Å²) in [5, 5.41) is 4.22. The fourth-order valence-electron chi connectivity index (χ4n) is 2.38. The third-order valence-electron chi connectivity index (χ3n) is 3.30.